The van der Waals surface area contributed by atoms with Crippen LogP contribution in [-0.4, -0.2) is 35.0 Å². The van der Waals surface area contributed by atoms with E-state index in [0.717, 1.165) is 19.4 Å². The van der Waals surface area contributed by atoms with E-state index < -0.39 is 4.92 Å². The largest absolute Gasteiger partial charge is 0.465 e. The first-order valence-corrected chi connectivity index (χ1v) is 7.24. The maximum atomic E-state index is 11.9. The molecule has 0 spiro atoms. The van der Waals surface area contributed by atoms with Crippen molar-refractivity contribution in [3.63, 3.8) is 0 Å². The number of nitro groups is 1. The summed E-state index contributed by atoms with van der Waals surface area (Å²) in [5.74, 6) is -0.239. The summed E-state index contributed by atoms with van der Waals surface area (Å²) in [7, 11) is 0. The first-order chi connectivity index (χ1) is 10.0. The summed E-state index contributed by atoms with van der Waals surface area (Å²) in [4.78, 5) is 24.2. The zero-order chi connectivity index (χ0) is 15.4. The van der Waals surface area contributed by atoms with Crippen molar-refractivity contribution in [1.29, 1.82) is 0 Å². The van der Waals surface area contributed by atoms with Gasteiger partial charge in [-0.3, -0.25) is 19.8 Å². The van der Waals surface area contributed by atoms with E-state index in [1.165, 1.54) is 18.2 Å². The average molecular weight is 313 g/mol. The van der Waals surface area contributed by atoms with E-state index in [0.29, 0.717) is 23.7 Å². The molecule has 1 aliphatic rings. The molecule has 0 amide bonds. The predicted octanol–water partition coefficient (Wildman–Crippen LogP) is 2.78. The van der Waals surface area contributed by atoms with Gasteiger partial charge in [0.25, 0.3) is 5.69 Å². The fraction of sp³-hybridized carbons (Fsp3) is 0.500. The van der Waals surface area contributed by atoms with Crippen LogP contribution in [0.25, 0.3) is 0 Å². The summed E-state index contributed by atoms with van der Waals surface area (Å²) >= 11 is 6.10. The second kappa shape index (κ2) is 6.87. The van der Waals surface area contributed by atoms with Crippen LogP contribution in [0, 0.1) is 10.1 Å². The highest BCUT2D eigenvalue weighted by Gasteiger charge is 2.32. The fourth-order valence-electron chi connectivity index (χ4n) is 2.54. The number of halogens is 1. The third kappa shape index (κ3) is 3.71. The molecule has 1 atom stereocenters. The summed E-state index contributed by atoms with van der Waals surface area (Å²) in [6.07, 6.45) is 1.64. The molecular weight excluding hydrogens is 296 g/mol. The van der Waals surface area contributed by atoms with Gasteiger partial charge in [0.2, 0.25) is 0 Å². The zero-order valence-corrected chi connectivity index (χ0v) is 12.5. The molecule has 1 aromatic rings. The van der Waals surface area contributed by atoms with Gasteiger partial charge >= 0.3 is 5.97 Å². The number of carbonyl (C=O) groups excluding carboxylic acids is 1. The molecule has 7 heteroatoms. The maximum Gasteiger partial charge on any atom is 0.323 e. The van der Waals surface area contributed by atoms with Crippen molar-refractivity contribution in [1.82, 2.24) is 4.90 Å². The van der Waals surface area contributed by atoms with Crippen LogP contribution in [0.2, 0.25) is 5.02 Å². The van der Waals surface area contributed by atoms with Gasteiger partial charge in [0.05, 0.1) is 11.5 Å². The zero-order valence-electron chi connectivity index (χ0n) is 11.8. The van der Waals surface area contributed by atoms with Crippen LogP contribution in [0.1, 0.15) is 25.3 Å². The summed E-state index contributed by atoms with van der Waals surface area (Å²) in [5.41, 5.74) is 0.656. The van der Waals surface area contributed by atoms with Crippen molar-refractivity contribution < 1.29 is 14.5 Å². The minimum atomic E-state index is -0.452. The average Bonchev–Trinajstić information content (AvgIpc) is 2.89. The lowest BCUT2D eigenvalue weighted by molar-refractivity contribution is -0.384. The molecule has 0 N–H and O–H groups in total. The maximum absolute atomic E-state index is 11.9. The molecule has 0 bridgehead atoms. The SMILES string of the molecule is CCOC(=O)C1CCCN1Cc1cc([N+](=O)[O-])ccc1Cl. The quantitative estimate of drug-likeness (QED) is 0.475. The third-order valence-electron chi connectivity index (χ3n) is 3.54. The lowest BCUT2D eigenvalue weighted by atomic mass is 10.1. The lowest BCUT2D eigenvalue weighted by Gasteiger charge is -2.23. The van der Waals surface area contributed by atoms with Gasteiger partial charge in [-0.1, -0.05) is 11.6 Å². The van der Waals surface area contributed by atoms with E-state index in [-0.39, 0.29) is 17.7 Å². The summed E-state index contributed by atoms with van der Waals surface area (Å²) < 4.78 is 5.06. The molecule has 1 fully saturated rings. The monoisotopic (exact) mass is 312 g/mol. The summed E-state index contributed by atoms with van der Waals surface area (Å²) in [6, 6.07) is 4.06. The molecule has 0 aromatic heterocycles. The molecule has 2 rings (SSSR count). The number of hydrogen-bond donors (Lipinski definition) is 0. The molecule has 1 unspecified atom stereocenters. The standard InChI is InChI=1S/C14H17ClN2O4/c1-2-21-14(18)13-4-3-7-16(13)9-10-8-11(17(19)20)5-6-12(10)15/h5-6,8,13H,2-4,7,9H2,1H3. The normalized spacial score (nSPS) is 18.7. The Labute approximate surface area is 127 Å². The van der Waals surface area contributed by atoms with Gasteiger partial charge in [0, 0.05) is 23.7 Å². The molecule has 1 heterocycles. The Morgan fingerprint density at radius 1 is 1.57 bits per heavy atom. The van der Waals surface area contributed by atoms with E-state index in [4.69, 9.17) is 16.3 Å². The number of benzene rings is 1. The van der Waals surface area contributed by atoms with Crippen LogP contribution in [0.5, 0.6) is 0 Å². The van der Waals surface area contributed by atoms with Crippen LogP contribution in [-0.2, 0) is 16.1 Å². The van der Waals surface area contributed by atoms with Crippen LogP contribution in [0.15, 0.2) is 18.2 Å². The number of esters is 1. The molecular formula is C14H17ClN2O4. The van der Waals surface area contributed by atoms with E-state index in [1.807, 2.05) is 4.90 Å². The van der Waals surface area contributed by atoms with Crippen molar-refractivity contribution in [3.8, 4) is 0 Å². The molecule has 0 saturated carbocycles. The number of carbonyl (C=O) groups is 1. The first-order valence-electron chi connectivity index (χ1n) is 6.86. The van der Waals surface area contributed by atoms with Gasteiger partial charge in [0.1, 0.15) is 6.04 Å². The lowest BCUT2D eigenvalue weighted by Crippen LogP contribution is -2.36. The van der Waals surface area contributed by atoms with Gasteiger partial charge in [-0.25, -0.2) is 0 Å². The predicted molar refractivity (Wildman–Crippen MR) is 78.2 cm³/mol. The molecule has 1 saturated heterocycles. The second-order valence-corrected chi connectivity index (χ2v) is 5.32. The Hall–Kier alpha value is -1.66. The Bertz CT molecular complexity index is 550. The number of hydrogen-bond acceptors (Lipinski definition) is 5. The van der Waals surface area contributed by atoms with Crippen LogP contribution in [0.3, 0.4) is 0 Å². The van der Waals surface area contributed by atoms with E-state index in [2.05, 4.69) is 0 Å². The third-order valence-corrected chi connectivity index (χ3v) is 3.90. The van der Waals surface area contributed by atoms with E-state index in [1.54, 1.807) is 6.92 Å². The topological polar surface area (TPSA) is 72.7 Å². The Balaban J connectivity index is 2.15. The molecule has 21 heavy (non-hydrogen) atoms. The molecule has 114 valence electrons. The molecule has 6 nitrogen and oxygen atoms in total. The van der Waals surface area contributed by atoms with Crippen molar-refractivity contribution in [2.45, 2.75) is 32.4 Å². The number of rotatable bonds is 5. The van der Waals surface area contributed by atoms with Crippen LogP contribution in [0.4, 0.5) is 5.69 Å². The number of likely N-dealkylation sites (tertiary alicyclic amines) is 1. The van der Waals surface area contributed by atoms with Crippen LogP contribution < -0.4 is 0 Å². The van der Waals surface area contributed by atoms with Crippen molar-refractivity contribution in [2.75, 3.05) is 13.2 Å². The minimum absolute atomic E-state index is 0.00119. The Morgan fingerprint density at radius 2 is 2.33 bits per heavy atom. The van der Waals surface area contributed by atoms with Gasteiger partial charge in [-0.2, -0.15) is 0 Å². The molecule has 0 radical (unpaired) electrons. The highest BCUT2D eigenvalue weighted by molar-refractivity contribution is 6.31. The minimum Gasteiger partial charge on any atom is -0.465 e. The first kappa shape index (κ1) is 15.7. The fourth-order valence-corrected chi connectivity index (χ4v) is 2.71. The summed E-state index contributed by atoms with van der Waals surface area (Å²) in [5, 5.41) is 11.3. The van der Waals surface area contributed by atoms with E-state index in [9.17, 15) is 14.9 Å². The number of nitrogens with zero attached hydrogens (tertiary/aromatic N) is 2. The van der Waals surface area contributed by atoms with E-state index >= 15 is 0 Å². The van der Waals surface area contributed by atoms with Crippen molar-refractivity contribution in [2.24, 2.45) is 0 Å². The van der Waals surface area contributed by atoms with Crippen molar-refractivity contribution in [3.05, 3.63) is 38.9 Å². The molecule has 1 aliphatic heterocycles. The van der Waals surface area contributed by atoms with Gasteiger partial charge in [-0.15, -0.1) is 0 Å². The number of nitro benzene ring substituents is 1. The number of non-ortho nitro benzene ring substituents is 1. The molecule has 1 aromatic carbocycles. The summed E-state index contributed by atoms with van der Waals surface area (Å²) in [6.45, 7) is 3.28. The Morgan fingerprint density at radius 3 is 3.00 bits per heavy atom. The highest BCUT2D eigenvalue weighted by atomic mass is 35.5. The molecule has 0 aliphatic carbocycles. The Kier molecular flexibility index (Phi) is 5.14. The smallest absolute Gasteiger partial charge is 0.323 e. The number of ether oxygens (including phenoxy) is 1. The highest BCUT2D eigenvalue weighted by Crippen LogP contribution is 2.27. The van der Waals surface area contributed by atoms with Crippen LogP contribution >= 0.6 is 11.6 Å². The van der Waals surface area contributed by atoms with Gasteiger partial charge in [-0.05, 0) is 37.9 Å². The van der Waals surface area contributed by atoms with Crippen molar-refractivity contribution >= 4 is 23.3 Å². The van der Waals surface area contributed by atoms with Gasteiger partial charge < -0.3 is 4.74 Å². The van der Waals surface area contributed by atoms with Gasteiger partial charge in [0.15, 0.2) is 0 Å². The second-order valence-electron chi connectivity index (χ2n) is 4.91.